The first-order valence-electron chi connectivity index (χ1n) is 5.73. The molecular weight excluding hydrogens is 218 g/mol. The number of hydrogen-bond acceptors (Lipinski definition) is 4. The summed E-state index contributed by atoms with van der Waals surface area (Å²) in [5.74, 6) is 0.543. The molecule has 0 spiro atoms. The van der Waals surface area contributed by atoms with Gasteiger partial charge in [0.15, 0.2) is 0 Å². The summed E-state index contributed by atoms with van der Waals surface area (Å²) in [5.41, 5.74) is 0.580. The van der Waals surface area contributed by atoms with Crippen molar-refractivity contribution in [2.75, 3.05) is 26.7 Å². The lowest BCUT2D eigenvalue weighted by Crippen LogP contribution is -2.51. The van der Waals surface area contributed by atoms with Crippen LogP contribution in [-0.4, -0.2) is 48.6 Å². The molecule has 1 aliphatic heterocycles. The summed E-state index contributed by atoms with van der Waals surface area (Å²) in [4.78, 5) is 18.1. The molecule has 1 fully saturated rings. The molecule has 1 aliphatic rings. The number of methoxy groups -OCH3 is 1. The topological polar surface area (TPSA) is 54.5 Å². The van der Waals surface area contributed by atoms with Crippen LogP contribution in [0.15, 0.2) is 18.5 Å². The summed E-state index contributed by atoms with van der Waals surface area (Å²) >= 11 is 0. The van der Waals surface area contributed by atoms with E-state index in [0.717, 1.165) is 19.6 Å². The van der Waals surface area contributed by atoms with Crippen molar-refractivity contribution in [1.29, 1.82) is 0 Å². The number of amides is 1. The van der Waals surface area contributed by atoms with Gasteiger partial charge in [-0.05, 0) is 13.0 Å². The van der Waals surface area contributed by atoms with E-state index in [2.05, 4.69) is 17.2 Å². The van der Waals surface area contributed by atoms with E-state index in [4.69, 9.17) is 4.74 Å². The minimum atomic E-state index is 0.0117. The lowest BCUT2D eigenvalue weighted by atomic mass is 10.1. The molecule has 0 saturated carbocycles. The molecule has 0 bridgehead atoms. The third-order valence-corrected chi connectivity index (χ3v) is 2.89. The van der Waals surface area contributed by atoms with Crippen molar-refractivity contribution in [2.45, 2.75) is 13.0 Å². The Morgan fingerprint density at radius 2 is 2.47 bits per heavy atom. The average Bonchev–Trinajstić information content (AvgIpc) is 2.38. The fraction of sp³-hybridized carbons (Fsp3) is 0.500. The number of hydrogen-bond donors (Lipinski definition) is 1. The van der Waals surface area contributed by atoms with Gasteiger partial charge in [-0.25, -0.2) is 0 Å². The summed E-state index contributed by atoms with van der Waals surface area (Å²) in [6, 6.07) is 2.04. The number of nitrogens with zero attached hydrogens (tertiary/aromatic N) is 2. The Bertz CT molecular complexity index is 408. The quantitative estimate of drug-likeness (QED) is 0.812. The zero-order chi connectivity index (χ0) is 12.3. The second kappa shape index (κ2) is 5.14. The number of rotatable bonds is 2. The molecule has 1 aromatic rings. The minimum Gasteiger partial charge on any atom is -0.494 e. The Hall–Kier alpha value is -1.62. The second-order valence-corrected chi connectivity index (χ2v) is 4.18. The largest absolute Gasteiger partial charge is 0.494 e. The molecule has 0 aliphatic carbocycles. The molecule has 0 radical (unpaired) electrons. The van der Waals surface area contributed by atoms with E-state index in [1.165, 1.54) is 0 Å². The fourth-order valence-corrected chi connectivity index (χ4v) is 2.01. The van der Waals surface area contributed by atoms with E-state index in [0.29, 0.717) is 17.4 Å². The molecule has 1 aromatic heterocycles. The molecule has 5 nitrogen and oxygen atoms in total. The average molecular weight is 235 g/mol. The van der Waals surface area contributed by atoms with Crippen molar-refractivity contribution in [3.05, 3.63) is 24.0 Å². The first-order chi connectivity index (χ1) is 8.22. The molecule has 1 atom stereocenters. The van der Waals surface area contributed by atoms with Crippen LogP contribution in [0.5, 0.6) is 5.75 Å². The van der Waals surface area contributed by atoms with E-state index >= 15 is 0 Å². The molecule has 17 heavy (non-hydrogen) atoms. The summed E-state index contributed by atoms with van der Waals surface area (Å²) in [7, 11) is 1.55. The van der Waals surface area contributed by atoms with Crippen LogP contribution in [-0.2, 0) is 0 Å². The van der Waals surface area contributed by atoms with Crippen LogP contribution < -0.4 is 10.1 Å². The molecular formula is C12H17N3O2. The van der Waals surface area contributed by atoms with Crippen molar-refractivity contribution in [1.82, 2.24) is 15.2 Å². The highest BCUT2D eigenvalue weighted by atomic mass is 16.5. The van der Waals surface area contributed by atoms with Crippen LogP contribution in [0.3, 0.4) is 0 Å². The number of aromatic nitrogens is 1. The standard InChI is InChI=1S/C12H17N3O2/c1-9-8-15(6-5-14-9)12(16)10-3-4-13-7-11(10)17-2/h3-4,7,9,14H,5-6,8H2,1-2H3. The van der Waals surface area contributed by atoms with E-state index in [9.17, 15) is 4.79 Å². The number of carbonyl (C=O) groups excluding carboxylic acids is 1. The molecule has 1 unspecified atom stereocenters. The molecule has 1 saturated heterocycles. The van der Waals surface area contributed by atoms with Gasteiger partial charge < -0.3 is 15.0 Å². The van der Waals surface area contributed by atoms with Gasteiger partial charge in [-0.1, -0.05) is 0 Å². The Morgan fingerprint density at radius 1 is 1.65 bits per heavy atom. The summed E-state index contributed by atoms with van der Waals surface area (Å²) in [5, 5.41) is 3.31. The minimum absolute atomic E-state index is 0.0117. The van der Waals surface area contributed by atoms with Crippen LogP contribution in [0, 0.1) is 0 Å². The first-order valence-corrected chi connectivity index (χ1v) is 5.73. The van der Waals surface area contributed by atoms with Gasteiger partial charge in [0.2, 0.25) is 0 Å². The molecule has 2 rings (SSSR count). The molecule has 1 amide bonds. The summed E-state index contributed by atoms with van der Waals surface area (Å²) in [6.45, 7) is 4.36. The zero-order valence-corrected chi connectivity index (χ0v) is 10.1. The third kappa shape index (κ3) is 2.55. The van der Waals surface area contributed by atoms with E-state index in [1.807, 2.05) is 4.90 Å². The molecule has 92 valence electrons. The third-order valence-electron chi connectivity index (χ3n) is 2.89. The van der Waals surface area contributed by atoms with Gasteiger partial charge in [-0.3, -0.25) is 9.78 Å². The smallest absolute Gasteiger partial charge is 0.257 e. The maximum Gasteiger partial charge on any atom is 0.257 e. The van der Waals surface area contributed by atoms with Gasteiger partial charge in [0.05, 0.1) is 18.9 Å². The molecule has 2 heterocycles. The van der Waals surface area contributed by atoms with Crippen molar-refractivity contribution < 1.29 is 9.53 Å². The van der Waals surface area contributed by atoms with Crippen molar-refractivity contribution >= 4 is 5.91 Å². The monoisotopic (exact) mass is 235 g/mol. The van der Waals surface area contributed by atoms with Gasteiger partial charge >= 0.3 is 0 Å². The highest BCUT2D eigenvalue weighted by Gasteiger charge is 2.23. The number of piperazine rings is 1. The van der Waals surface area contributed by atoms with Crippen molar-refractivity contribution in [2.24, 2.45) is 0 Å². The van der Waals surface area contributed by atoms with E-state index in [-0.39, 0.29) is 5.91 Å². The zero-order valence-electron chi connectivity index (χ0n) is 10.1. The Morgan fingerprint density at radius 3 is 3.18 bits per heavy atom. The van der Waals surface area contributed by atoms with Gasteiger partial charge in [0.1, 0.15) is 5.75 Å². The normalized spacial score (nSPS) is 20.1. The van der Waals surface area contributed by atoms with Crippen molar-refractivity contribution in [3.8, 4) is 5.75 Å². The predicted molar refractivity (Wildman–Crippen MR) is 64.2 cm³/mol. The molecule has 5 heteroatoms. The SMILES string of the molecule is COc1cnccc1C(=O)N1CCNC(C)C1. The van der Waals surface area contributed by atoms with Crippen LogP contribution in [0.1, 0.15) is 17.3 Å². The number of ether oxygens (including phenoxy) is 1. The summed E-state index contributed by atoms with van der Waals surface area (Å²) < 4.78 is 5.16. The lowest BCUT2D eigenvalue weighted by Gasteiger charge is -2.32. The Balaban J connectivity index is 2.18. The van der Waals surface area contributed by atoms with Crippen LogP contribution in [0.4, 0.5) is 0 Å². The maximum atomic E-state index is 12.3. The van der Waals surface area contributed by atoms with Gasteiger partial charge in [0.25, 0.3) is 5.91 Å². The lowest BCUT2D eigenvalue weighted by molar-refractivity contribution is 0.0705. The number of nitrogens with one attached hydrogen (secondary N) is 1. The fourth-order valence-electron chi connectivity index (χ4n) is 2.01. The predicted octanol–water partition coefficient (Wildman–Crippen LogP) is 0.524. The number of pyridine rings is 1. The molecule has 0 aromatic carbocycles. The van der Waals surface area contributed by atoms with Gasteiger partial charge in [-0.15, -0.1) is 0 Å². The van der Waals surface area contributed by atoms with Crippen molar-refractivity contribution in [3.63, 3.8) is 0 Å². The van der Waals surface area contributed by atoms with E-state index in [1.54, 1.807) is 25.6 Å². The van der Waals surface area contributed by atoms with Gasteiger partial charge in [-0.2, -0.15) is 0 Å². The highest BCUT2D eigenvalue weighted by molar-refractivity contribution is 5.96. The molecule has 1 N–H and O–H groups in total. The van der Waals surface area contributed by atoms with Crippen LogP contribution in [0.25, 0.3) is 0 Å². The van der Waals surface area contributed by atoms with E-state index < -0.39 is 0 Å². The Kier molecular flexibility index (Phi) is 3.58. The summed E-state index contributed by atoms with van der Waals surface area (Å²) in [6.07, 6.45) is 3.18. The van der Waals surface area contributed by atoms with Crippen LogP contribution in [0.2, 0.25) is 0 Å². The van der Waals surface area contributed by atoms with Gasteiger partial charge in [0, 0.05) is 31.9 Å². The maximum absolute atomic E-state index is 12.3. The Labute approximate surface area is 101 Å². The first kappa shape index (κ1) is 11.9. The highest BCUT2D eigenvalue weighted by Crippen LogP contribution is 2.18. The second-order valence-electron chi connectivity index (χ2n) is 4.18. The van der Waals surface area contributed by atoms with Crippen LogP contribution >= 0.6 is 0 Å². The number of carbonyl (C=O) groups is 1.